The maximum atomic E-state index is 6.26. The Balaban J connectivity index is 2.16. The van der Waals surface area contributed by atoms with Crippen molar-refractivity contribution in [2.24, 2.45) is 0 Å². The molecule has 1 aromatic rings. The second-order valence-electron chi connectivity index (χ2n) is 4.13. The maximum Gasteiger partial charge on any atom is 0.147 e. The summed E-state index contributed by atoms with van der Waals surface area (Å²) in [5.41, 5.74) is 0.971. The van der Waals surface area contributed by atoms with Crippen LogP contribution in [0.4, 0.5) is 5.82 Å². The second kappa shape index (κ2) is 6.17. The minimum atomic E-state index is 0.459. The van der Waals surface area contributed by atoms with E-state index in [0.29, 0.717) is 16.2 Å². The SMILES string of the molecule is CCC1CN(c2ncc(CCl)cc2Cl)CCS1. The molecule has 1 unspecified atom stereocenters. The Kier molecular flexibility index (Phi) is 4.83. The first-order valence-electron chi connectivity index (χ1n) is 5.81. The van der Waals surface area contributed by atoms with Gasteiger partial charge >= 0.3 is 0 Å². The predicted octanol–water partition coefficient (Wildman–Crippen LogP) is 3.81. The molecule has 1 aliphatic heterocycles. The van der Waals surface area contributed by atoms with E-state index in [0.717, 1.165) is 30.2 Å². The summed E-state index contributed by atoms with van der Waals surface area (Å²) in [6.45, 7) is 4.29. The van der Waals surface area contributed by atoms with Gasteiger partial charge in [0.05, 0.1) is 5.02 Å². The lowest BCUT2D eigenvalue weighted by atomic mass is 10.2. The van der Waals surface area contributed by atoms with Gasteiger partial charge in [0.1, 0.15) is 5.82 Å². The maximum absolute atomic E-state index is 6.26. The Morgan fingerprint density at radius 2 is 2.41 bits per heavy atom. The average molecular weight is 291 g/mol. The minimum Gasteiger partial charge on any atom is -0.353 e. The summed E-state index contributed by atoms with van der Waals surface area (Å²) in [5, 5.41) is 1.40. The summed E-state index contributed by atoms with van der Waals surface area (Å²) in [5.74, 6) is 2.51. The Bertz CT molecular complexity index is 387. The van der Waals surface area contributed by atoms with Gasteiger partial charge in [-0.25, -0.2) is 4.98 Å². The monoisotopic (exact) mass is 290 g/mol. The average Bonchev–Trinajstić information content (AvgIpc) is 2.38. The largest absolute Gasteiger partial charge is 0.353 e. The molecule has 1 fully saturated rings. The first-order valence-corrected chi connectivity index (χ1v) is 7.77. The fourth-order valence-electron chi connectivity index (χ4n) is 1.93. The van der Waals surface area contributed by atoms with Crippen LogP contribution in [0, 0.1) is 0 Å². The van der Waals surface area contributed by atoms with E-state index >= 15 is 0 Å². The number of anilines is 1. The van der Waals surface area contributed by atoms with Crippen LogP contribution in [-0.2, 0) is 5.88 Å². The number of nitrogens with zero attached hydrogens (tertiary/aromatic N) is 2. The molecule has 1 aliphatic rings. The van der Waals surface area contributed by atoms with Crippen molar-refractivity contribution < 1.29 is 0 Å². The Morgan fingerprint density at radius 1 is 1.59 bits per heavy atom. The van der Waals surface area contributed by atoms with E-state index in [4.69, 9.17) is 23.2 Å². The van der Waals surface area contributed by atoms with E-state index in [1.807, 2.05) is 24.0 Å². The van der Waals surface area contributed by atoms with Crippen molar-refractivity contribution in [2.75, 3.05) is 23.7 Å². The molecule has 2 heterocycles. The fourth-order valence-corrected chi connectivity index (χ4v) is 3.57. The van der Waals surface area contributed by atoms with Crippen LogP contribution in [0.15, 0.2) is 12.3 Å². The zero-order valence-electron chi connectivity index (χ0n) is 9.83. The molecule has 5 heteroatoms. The van der Waals surface area contributed by atoms with Crippen molar-refractivity contribution in [1.29, 1.82) is 0 Å². The molecule has 0 radical (unpaired) electrons. The highest BCUT2D eigenvalue weighted by molar-refractivity contribution is 8.00. The summed E-state index contributed by atoms with van der Waals surface area (Å²) in [6, 6.07) is 1.92. The third-order valence-electron chi connectivity index (χ3n) is 2.93. The second-order valence-corrected chi connectivity index (χ2v) is 6.21. The summed E-state index contributed by atoms with van der Waals surface area (Å²) >= 11 is 14.1. The van der Waals surface area contributed by atoms with Crippen LogP contribution in [0.1, 0.15) is 18.9 Å². The van der Waals surface area contributed by atoms with Crippen molar-refractivity contribution in [3.63, 3.8) is 0 Å². The summed E-state index contributed by atoms with van der Waals surface area (Å²) < 4.78 is 0. The van der Waals surface area contributed by atoms with Gasteiger partial charge in [-0.15, -0.1) is 11.6 Å². The lowest BCUT2D eigenvalue weighted by Crippen LogP contribution is -2.38. The lowest BCUT2D eigenvalue weighted by molar-refractivity contribution is 0.720. The van der Waals surface area contributed by atoms with E-state index in [2.05, 4.69) is 16.8 Å². The van der Waals surface area contributed by atoms with Gasteiger partial charge in [-0.1, -0.05) is 18.5 Å². The number of thioether (sulfide) groups is 1. The third kappa shape index (κ3) is 3.21. The molecule has 0 aromatic carbocycles. The molecule has 0 aliphatic carbocycles. The van der Waals surface area contributed by atoms with Gasteiger partial charge in [0, 0.05) is 36.2 Å². The number of hydrogen-bond acceptors (Lipinski definition) is 3. The number of halogens is 2. The van der Waals surface area contributed by atoms with E-state index in [-0.39, 0.29) is 0 Å². The number of hydrogen-bond donors (Lipinski definition) is 0. The van der Waals surface area contributed by atoms with Gasteiger partial charge in [-0.05, 0) is 18.1 Å². The molecule has 1 aromatic heterocycles. The molecule has 1 atom stereocenters. The molecular formula is C12H16Cl2N2S. The zero-order valence-corrected chi connectivity index (χ0v) is 12.2. The van der Waals surface area contributed by atoms with E-state index in [1.54, 1.807) is 0 Å². The van der Waals surface area contributed by atoms with Crippen LogP contribution in [-0.4, -0.2) is 29.1 Å². The van der Waals surface area contributed by atoms with Crippen LogP contribution in [0.3, 0.4) is 0 Å². The number of aromatic nitrogens is 1. The van der Waals surface area contributed by atoms with Crippen LogP contribution < -0.4 is 4.90 Å². The highest BCUT2D eigenvalue weighted by Crippen LogP contribution is 2.29. The third-order valence-corrected chi connectivity index (χ3v) is 4.89. The van der Waals surface area contributed by atoms with Gasteiger partial charge < -0.3 is 4.90 Å². The van der Waals surface area contributed by atoms with Gasteiger partial charge in [-0.2, -0.15) is 11.8 Å². The van der Waals surface area contributed by atoms with Crippen LogP contribution in [0.25, 0.3) is 0 Å². The van der Waals surface area contributed by atoms with Crippen molar-refractivity contribution in [1.82, 2.24) is 4.98 Å². The Hall–Kier alpha value is -0.120. The molecule has 2 rings (SSSR count). The quantitative estimate of drug-likeness (QED) is 0.788. The number of alkyl halides is 1. The molecule has 0 bridgehead atoms. The molecular weight excluding hydrogens is 275 g/mol. The first-order chi connectivity index (χ1) is 8.24. The highest BCUT2D eigenvalue weighted by Gasteiger charge is 2.21. The van der Waals surface area contributed by atoms with Gasteiger partial charge in [-0.3, -0.25) is 0 Å². The standard InChI is InChI=1S/C12H16Cl2N2S/c1-2-10-8-16(3-4-17-10)12-11(14)5-9(6-13)7-15-12/h5,7,10H,2-4,6,8H2,1H3. The van der Waals surface area contributed by atoms with Crippen LogP contribution in [0.2, 0.25) is 5.02 Å². The van der Waals surface area contributed by atoms with Crippen molar-refractivity contribution >= 4 is 40.8 Å². The molecule has 94 valence electrons. The van der Waals surface area contributed by atoms with Gasteiger partial charge in [0.2, 0.25) is 0 Å². The van der Waals surface area contributed by atoms with Gasteiger partial charge in [0.15, 0.2) is 0 Å². The minimum absolute atomic E-state index is 0.459. The van der Waals surface area contributed by atoms with Crippen molar-refractivity contribution in [3.8, 4) is 0 Å². The van der Waals surface area contributed by atoms with Gasteiger partial charge in [0.25, 0.3) is 0 Å². The normalized spacial score (nSPS) is 20.6. The molecule has 0 spiro atoms. The smallest absolute Gasteiger partial charge is 0.147 e. The molecule has 0 amide bonds. The van der Waals surface area contributed by atoms with Crippen LogP contribution in [0.5, 0.6) is 0 Å². The van der Waals surface area contributed by atoms with E-state index in [1.165, 1.54) is 6.42 Å². The number of pyridine rings is 1. The van der Waals surface area contributed by atoms with Crippen molar-refractivity contribution in [2.45, 2.75) is 24.5 Å². The van der Waals surface area contributed by atoms with Crippen molar-refractivity contribution in [3.05, 3.63) is 22.8 Å². The number of rotatable bonds is 3. The summed E-state index contributed by atoms with van der Waals surface area (Å²) in [7, 11) is 0. The lowest BCUT2D eigenvalue weighted by Gasteiger charge is -2.33. The Morgan fingerprint density at radius 3 is 3.06 bits per heavy atom. The van der Waals surface area contributed by atoms with E-state index < -0.39 is 0 Å². The zero-order chi connectivity index (χ0) is 12.3. The molecule has 2 nitrogen and oxygen atoms in total. The topological polar surface area (TPSA) is 16.1 Å². The molecule has 0 N–H and O–H groups in total. The predicted molar refractivity (Wildman–Crippen MR) is 77.6 cm³/mol. The summed E-state index contributed by atoms with van der Waals surface area (Å²) in [4.78, 5) is 6.72. The molecule has 0 saturated carbocycles. The first kappa shape index (κ1) is 13.3. The highest BCUT2D eigenvalue weighted by atomic mass is 35.5. The molecule has 17 heavy (non-hydrogen) atoms. The van der Waals surface area contributed by atoms with E-state index in [9.17, 15) is 0 Å². The summed E-state index contributed by atoms with van der Waals surface area (Å²) in [6.07, 6.45) is 3.01. The molecule has 1 saturated heterocycles. The fraction of sp³-hybridized carbons (Fsp3) is 0.583. The Labute approximate surface area is 117 Å². The van der Waals surface area contributed by atoms with Crippen LogP contribution >= 0.6 is 35.0 Å².